The summed E-state index contributed by atoms with van der Waals surface area (Å²) in [4.78, 5) is 0. The number of hydrogen-bond acceptors (Lipinski definition) is 3. The highest BCUT2D eigenvalue weighted by Gasteiger charge is 1.88. The normalized spacial score (nSPS) is 13.6. The van der Waals surface area contributed by atoms with Crippen molar-refractivity contribution in [2.24, 2.45) is 0 Å². The minimum Gasteiger partial charge on any atom is -0.395 e. The summed E-state index contributed by atoms with van der Waals surface area (Å²) in [5.41, 5.74) is 0. The molecule has 0 bridgehead atoms. The van der Waals surface area contributed by atoms with Gasteiger partial charge in [0.15, 0.2) is 0 Å². The van der Waals surface area contributed by atoms with Gasteiger partial charge in [-0.3, -0.25) is 4.21 Å². The molecule has 0 aliphatic heterocycles. The SMILES string of the molecule is CS(=O)CCNCCO. The lowest BCUT2D eigenvalue weighted by Gasteiger charge is -1.98. The van der Waals surface area contributed by atoms with Crippen LogP contribution in [0, 0.1) is 0 Å². The van der Waals surface area contributed by atoms with Gasteiger partial charge in [0.2, 0.25) is 0 Å². The Morgan fingerprint density at radius 1 is 1.56 bits per heavy atom. The standard InChI is InChI=1S/C5H13NO2S/c1-9(8)5-3-6-2-4-7/h6-7H,2-5H2,1H3. The van der Waals surface area contributed by atoms with E-state index < -0.39 is 10.8 Å². The highest BCUT2D eigenvalue weighted by Crippen LogP contribution is 1.69. The Morgan fingerprint density at radius 3 is 2.67 bits per heavy atom. The van der Waals surface area contributed by atoms with Crippen molar-refractivity contribution in [1.29, 1.82) is 0 Å². The lowest BCUT2D eigenvalue weighted by atomic mass is 10.6. The molecule has 3 nitrogen and oxygen atoms in total. The van der Waals surface area contributed by atoms with Gasteiger partial charge in [-0.2, -0.15) is 0 Å². The first-order valence-corrected chi connectivity index (χ1v) is 4.61. The fourth-order valence-corrected chi connectivity index (χ4v) is 0.852. The van der Waals surface area contributed by atoms with Gasteiger partial charge in [0.1, 0.15) is 0 Å². The summed E-state index contributed by atoms with van der Waals surface area (Å²) in [6.07, 6.45) is 1.67. The van der Waals surface area contributed by atoms with Crippen molar-refractivity contribution in [2.75, 3.05) is 31.7 Å². The second-order valence-corrected chi connectivity index (χ2v) is 3.31. The summed E-state index contributed by atoms with van der Waals surface area (Å²) >= 11 is 0. The summed E-state index contributed by atoms with van der Waals surface area (Å²) in [5, 5.41) is 11.2. The van der Waals surface area contributed by atoms with Crippen molar-refractivity contribution in [3.8, 4) is 0 Å². The van der Waals surface area contributed by atoms with E-state index in [1.54, 1.807) is 6.26 Å². The van der Waals surface area contributed by atoms with Crippen LogP contribution in [0.1, 0.15) is 0 Å². The van der Waals surface area contributed by atoms with E-state index in [1.165, 1.54) is 0 Å². The molecule has 0 aromatic rings. The highest BCUT2D eigenvalue weighted by molar-refractivity contribution is 7.84. The van der Waals surface area contributed by atoms with E-state index in [-0.39, 0.29) is 6.61 Å². The van der Waals surface area contributed by atoms with Crippen molar-refractivity contribution >= 4 is 10.8 Å². The third kappa shape index (κ3) is 8.07. The maximum Gasteiger partial charge on any atom is 0.0555 e. The molecule has 0 aromatic carbocycles. The zero-order valence-electron chi connectivity index (χ0n) is 5.59. The second kappa shape index (κ2) is 6.19. The molecule has 2 N–H and O–H groups in total. The summed E-state index contributed by atoms with van der Waals surface area (Å²) in [7, 11) is -0.713. The summed E-state index contributed by atoms with van der Waals surface area (Å²) in [6.45, 7) is 1.47. The largest absolute Gasteiger partial charge is 0.395 e. The molecule has 0 aliphatic rings. The molecule has 0 aliphatic carbocycles. The molecule has 0 heterocycles. The molecule has 0 rings (SSSR count). The van der Waals surface area contributed by atoms with Crippen LogP contribution in [0.5, 0.6) is 0 Å². The number of hydrogen-bond donors (Lipinski definition) is 2. The number of aliphatic hydroxyl groups is 1. The van der Waals surface area contributed by atoms with E-state index >= 15 is 0 Å². The predicted molar refractivity (Wildman–Crippen MR) is 38.9 cm³/mol. The van der Waals surface area contributed by atoms with Crippen molar-refractivity contribution in [3.63, 3.8) is 0 Å². The fraction of sp³-hybridized carbons (Fsp3) is 1.00. The molecule has 0 aromatic heterocycles. The molecule has 0 saturated heterocycles. The molecule has 0 spiro atoms. The van der Waals surface area contributed by atoms with Crippen molar-refractivity contribution in [2.45, 2.75) is 0 Å². The predicted octanol–water partition coefficient (Wildman–Crippen LogP) is -1.05. The van der Waals surface area contributed by atoms with E-state index in [9.17, 15) is 4.21 Å². The zero-order chi connectivity index (χ0) is 7.11. The minimum atomic E-state index is -0.713. The van der Waals surface area contributed by atoms with Crippen LogP contribution in [0.3, 0.4) is 0 Å². The van der Waals surface area contributed by atoms with Crippen LogP contribution in [0.25, 0.3) is 0 Å². The van der Waals surface area contributed by atoms with Gasteiger partial charge in [-0.05, 0) is 0 Å². The smallest absolute Gasteiger partial charge is 0.0555 e. The third-order valence-corrected chi connectivity index (χ3v) is 1.63. The maximum absolute atomic E-state index is 10.4. The highest BCUT2D eigenvalue weighted by atomic mass is 32.2. The van der Waals surface area contributed by atoms with Crippen LogP contribution < -0.4 is 5.32 Å². The molecule has 56 valence electrons. The molecule has 4 heteroatoms. The summed E-state index contributed by atoms with van der Waals surface area (Å²) in [6, 6.07) is 0. The van der Waals surface area contributed by atoms with Crippen molar-refractivity contribution in [1.82, 2.24) is 5.32 Å². The average molecular weight is 151 g/mol. The van der Waals surface area contributed by atoms with Gasteiger partial charge < -0.3 is 10.4 Å². The minimum absolute atomic E-state index is 0.149. The van der Waals surface area contributed by atoms with Crippen LogP contribution in [0.2, 0.25) is 0 Å². The maximum atomic E-state index is 10.4. The van der Waals surface area contributed by atoms with Gasteiger partial charge in [-0.15, -0.1) is 0 Å². The van der Waals surface area contributed by atoms with Crippen LogP contribution in [0.4, 0.5) is 0 Å². The third-order valence-electron chi connectivity index (χ3n) is 0.855. The molecule has 0 radical (unpaired) electrons. The summed E-state index contributed by atoms with van der Waals surface area (Å²) in [5.74, 6) is 0.667. The quantitative estimate of drug-likeness (QED) is 0.493. The first kappa shape index (κ1) is 9.07. The van der Waals surface area contributed by atoms with Gasteiger partial charge in [0.25, 0.3) is 0 Å². The number of nitrogens with one attached hydrogen (secondary N) is 1. The lowest BCUT2D eigenvalue weighted by Crippen LogP contribution is -2.23. The molecule has 1 unspecified atom stereocenters. The number of aliphatic hydroxyl groups excluding tert-OH is 1. The second-order valence-electron chi connectivity index (χ2n) is 1.75. The Morgan fingerprint density at radius 2 is 2.22 bits per heavy atom. The first-order valence-electron chi connectivity index (χ1n) is 2.89. The zero-order valence-corrected chi connectivity index (χ0v) is 6.41. The average Bonchev–Trinajstić information content (AvgIpc) is 1.80. The van der Waals surface area contributed by atoms with Crippen molar-refractivity contribution in [3.05, 3.63) is 0 Å². The van der Waals surface area contributed by atoms with Gasteiger partial charge >= 0.3 is 0 Å². The molecule has 0 fully saturated rings. The van der Waals surface area contributed by atoms with E-state index in [2.05, 4.69) is 5.32 Å². The van der Waals surface area contributed by atoms with Gasteiger partial charge in [-0.1, -0.05) is 0 Å². The van der Waals surface area contributed by atoms with Crippen LogP contribution in [0.15, 0.2) is 0 Å². The Balaban J connectivity index is 2.83. The van der Waals surface area contributed by atoms with Gasteiger partial charge in [-0.25, -0.2) is 0 Å². The Kier molecular flexibility index (Phi) is 6.24. The fourth-order valence-electron chi connectivity index (χ4n) is 0.420. The topological polar surface area (TPSA) is 49.3 Å². The van der Waals surface area contributed by atoms with E-state index in [1.807, 2.05) is 0 Å². The van der Waals surface area contributed by atoms with Crippen LogP contribution in [-0.2, 0) is 10.8 Å². The van der Waals surface area contributed by atoms with Gasteiger partial charge in [0, 0.05) is 35.9 Å². The Hall–Kier alpha value is 0.0700. The summed E-state index contributed by atoms with van der Waals surface area (Å²) < 4.78 is 10.4. The van der Waals surface area contributed by atoms with Gasteiger partial charge in [0.05, 0.1) is 6.61 Å². The first-order chi connectivity index (χ1) is 4.27. The van der Waals surface area contributed by atoms with Crippen LogP contribution >= 0.6 is 0 Å². The van der Waals surface area contributed by atoms with E-state index in [0.717, 1.165) is 6.54 Å². The van der Waals surface area contributed by atoms with E-state index in [4.69, 9.17) is 5.11 Å². The molecular formula is C5H13NO2S. The monoisotopic (exact) mass is 151 g/mol. The molecule has 1 atom stereocenters. The molecule has 9 heavy (non-hydrogen) atoms. The molecular weight excluding hydrogens is 138 g/mol. The van der Waals surface area contributed by atoms with E-state index in [0.29, 0.717) is 12.3 Å². The Labute approximate surface area is 57.9 Å². The molecule has 0 saturated carbocycles. The van der Waals surface area contributed by atoms with Crippen LogP contribution in [-0.4, -0.2) is 41.0 Å². The lowest BCUT2D eigenvalue weighted by molar-refractivity contribution is 0.293. The number of rotatable bonds is 5. The van der Waals surface area contributed by atoms with Crippen molar-refractivity contribution < 1.29 is 9.32 Å². The Bertz CT molecular complexity index is 87.0. The molecule has 0 amide bonds.